The molecule has 0 unspecified atom stereocenters. The summed E-state index contributed by atoms with van der Waals surface area (Å²) in [7, 11) is -2.84. The van der Waals surface area contributed by atoms with E-state index in [1.807, 2.05) is 49.4 Å². The topological polar surface area (TPSA) is 57.2 Å². The van der Waals surface area contributed by atoms with E-state index in [2.05, 4.69) is 82.5 Å². The van der Waals surface area contributed by atoms with Gasteiger partial charge < -0.3 is 23.7 Å². The first-order valence-corrected chi connectivity index (χ1v) is 16.2. The Bertz CT molecular complexity index is 1200. The fourth-order valence-electron chi connectivity index (χ4n) is 5.57. The molecule has 0 radical (unpaired) electrons. The molecule has 0 amide bonds. The highest BCUT2D eigenvalue weighted by molar-refractivity contribution is 6.99. The quantitative estimate of drug-likeness (QED) is 0.215. The maximum Gasteiger partial charge on any atom is 0.261 e. The summed E-state index contributed by atoms with van der Waals surface area (Å²) in [4.78, 5) is 0. The Labute approximate surface area is 246 Å². The van der Waals surface area contributed by atoms with Gasteiger partial charge in [-0.2, -0.15) is 0 Å². The Morgan fingerprint density at radius 3 is 2.00 bits per heavy atom. The summed E-state index contributed by atoms with van der Waals surface area (Å²) >= 11 is 0. The van der Waals surface area contributed by atoms with Gasteiger partial charge in [0.05, 0.1) is 19.3 Å². The van der Waals surface area contributed by atoms with E-state index in [4.69, 9.17) is 18.6 Å². The molecule has 0 aliphatic carbocycles. The molecule has 1 saturated heterocycles. The molecule has 3 aromatic rings. The zero-order chi connectivity index (χ0) is 29.5. The Balaban J connectivity index is 1.62. The largest absolute Gasteiger partial charge is 0.405 e. The summed E-state index contributed by atoms with van der Waals surface area (Å²) in [6.07, 6.45) is -0.698. The van der Waals surface area contributed by atoms with Crippen molar-refractivity contribution in [3.8, 4) is 0 Å². The summed E-state index contributed by atoms with van der Waals surface area (Å²) in [5, 5.41) is 13.2. The van der Waals surface area contributed by atoms with Crippen molar-refractivity contribution in [1.29, 1.82) is 0 Å². The zero-order valence-corrected chi connectivity index (χ0v) is 25.7. The number of aliphatic hydroxyl groups excluding tert-OH is 1. The van der Waals surface area contributed by atoms with Crippen LogP contribution in [-0.4, -0.2) is 51.1 Å². The van der Waals surface area contributed by atoms with Gasteiger partial charge in [-0.05, 0) is 28.8 Å². The average molecular weight is 573 g/mol. The Kier molecular flexibility index (Phi) is 10.5. The van der Waals surface area contributed by atoms with Crippen LogP contribution in [0.3, 0.4) is 0 Å². The van der Waals surface area contributed by atoms with Gasteiger partial charge >= 0.3 is 0 Å². The first-order valence-electron chi connectivity index (χ1n) is 14.3. The zero-order valence-electron chi connectivity index (χ0n) is 24.7. The maximum atomic E-state index is 11.1. The number of hydrogen-bond acceptors (Lipinski definition) is 5. The van der Waals surface area contributed by atoms with Gasteiger partial charge in [0.25, 0.3) is 8.32 Å². The van der Waals surface area contributed by atoms with Crippen LogP contribution >= 0.6 is 0 Å². The van der Waals surface area contributed by atoms with E-state index in [1.54, 1.807) is 0 Å². The van der Waals surface area contributed by atoms with Crippen molar-refractivity contribution in [2.24, 2.45) is 0 Å². The van der Waals surface area contributed by atoms with Crippen LogP contribution in [0.15, 0.2) is 116 Å². The van der Waals surface area contributed by atoms with Crippen molar-refractivity contribution >= 4 is 18.7 Å². The minimum atomic E-state index is -2.84. The molecule has 4 rings (SSSR count). The lowest BCUT2D eigenvalue weighted by atomic mass is 10.0. The number of aliphatic hydroxyl groups is 1. The maximum absolute atomic E-state index is 11.1. The molecule has 218 valence electrons. The fourth-order valence-corrected chi connectivity index (χ4v) is 10.1. The van der Waals surface area contributed by atoms with Crippen LogP contribution in [0.25, 0.3) is 0 Å². The third kappa shape index (κ3) is 7.33. The lowest BCUT2D eigenvalue weighted by molar-refractivity contribution is -0.277. The number of benzene rings is 3. The molecular weight excluding hydrogens is 528 g/mol. The molecule has 1 heterocycles. The highest BCUT2D eigenvalue weighted by atomic mass is 28.4. The molecule has 1 aliphatic heterocycles. The monoisotopic (exact) mass is 572 g/mol. The van der Waals surface area contributed by atoms with Crippen molar-refractivity contribution in [1.82, 2.24) is 0 Å². The SMILES string of the molecule is C=C[C@@H](O)[C@H](CO[Si](c1ccccc1)(c1ccccc1)C(C)(C)C)O[C@@H]1CO[C@@H](c2ccccc2)O[C@H]1CC(=C)C. The fraction of sp³-hybridized carbons (Fsp3) is 0.371. The molecule has 6 heteroatoms. The Hall–Kier alpha value is -2.84. The van der Waals surface area contributed by atoms with Crippen LogP contribution in [0.5, 0.6) is 0 Å². The molecule has 41 heavy (non-hydrogen) atoms. The second-order valence-electron chi connectivity index (χ2n) is 11.8. The third-order valence-corrected chi connectivity index (χ3v) is 12.6. The van der Waals surface area contributed by atoms with Gasteiger partial charge in [-0.15, -0.1) is 13.2 Å². The predicted octanol–water partition coefficient (Wildman–Crippen LogP) is 5.94. The molecule has 1 N–H and O–H groups in total. The number of hydrogen-bond donors (Lipinski definition) is 1. The molecular formula is C35H44O5Si. The first kappa shape index (κ1) is 31.1. The second-order valence-corrected chi connectivity index (χ2v) is 16.1. The number of rotatable bonds is 12. The molecule has 5 atom stereocenters. The van der Waals surface area contributed by atoms with Crippen LogP contribution in [0.2, 0.25) is 5.04 Å². The van der Waals surface area contributed by atoms with Gasteiger partial charge in [-0.1, -0.05) is 123 Å². The van der Waals surface area contributed by atoms with Gasteiger partial charge in [0.2, 0.25) is 0 Å². The van der Waals surface area contributed by atoms with Crippen molar-refractivity contribution in [3.63, 3.8) is 0 Å². The second kappa shape index (κ2) is 13.9. The third-order valence-electron chi connectivity index (χ3n) is 7.60. The van der Waals surface area contributed by atoms with Gasteiger partial charge in [0.15, 0.2) is 6.29 Å². The summed E-state index contributed by atoms with van der Waals surface area (Å²) in [6, 6.07) is 30.8. The van der Waals surface area contributed by atoms with E-state index in [9.17, 15) is 5.11 Å². The van der Waals surface area contributed by atoms with Crippen LogP contribution in [0, 0.1) is 0 Å². The molecule has 0 spiro atoms. The number of ether oxygens (including phenoxy) is 3. The van der Waals surface area contributed by atoms with E-state index in [0.29, 0.717) is 13.0 Å². The average Bonchev–Trinajstić information content (AvgIpc) is 2.97. The molecule has 3 aromatic carbocycles. The normalized spacial score (nSPS) is 21.1. The smallest absolute Gasteiger partial charge is 0.261 e. The highest BCUT2D eigenvalue weighted by Gasteiger charge is 2.51. The van der Waals surface area contributed by atoms with Crippen LogP contribution in [-0.2, 0) is 18.6 Å². The highest BCUT2D eigenvalue weighted by Crippen LogP contribution is 2.37. The van der Waals surface area contributed by atoms with E-state index in [0.717, 1.165) is 11.1 Å². The van der Waals surface area contributed by atoms with Crippen molar-refractivity contribution in [3.05, 3.63) is 121 Å². The molecule has 0 bridgehead atoms. The summed E-state index contributed by atoms with van der Waals surface area (Å²) in [6.45, 7) is 17.1. The van der Waals surface area contributed by atoms with Crippen LogP contribution in [0.4, 0.5) is 0 Å². The summed E-state index contributed by atoms with van der Waals surface area (Å²) in [5.74, 6) is 0. The summed E-state index contributed by atoms with van der Waals surface area (Å²) < 4.78 is 26.2. The van der Waals surface area contributed by atoms with Crippen LogP contribution < -0.4 is 10.4 Å². The summed E-state index contributed by atoms with van der Waals surface area (Å²) in [5.41, 5.74) is 1.94. The first-order chi connectivity index (χ1) is 19.7. The Morgan fingerprint density at radius 1 is 0.976 bits per heavy atom. The minimum absolute atomic E-state index is 0.179. The standard InChI is InChI=1S/C35H44O5Si/c1-7-30(36)32(39-33-24-37-34(27-17-11-8-12-18-27)40-31(33)23-26(2)3)25-38-41(35(4,5)6,28-19-13-9-14-20-28)29-21-15-10-16-22-29/h7-22,30-34,36H,1-2,23-25H2,3-6H3/t30-,31+,32+,33-,34-/m1/s1. The molecule has 5 nitrogen and oxygen atoms in total. The van der Waals surface area contributed by atoms with E-state index in [1.165, 1.54) is 16.4 Å². The van der Waals surface area contributed by atoms with Gasteiger partial charge in [-0.25, -0.2) is 0 Å². The molecule has 0 saturated carbocycles. The van der Waals surface area contributed by atoms with Gasteiger partial charge in [-0.3, -0.25) is 0 Å². The molecule has 1 fully saturated rings. The predicted molar refractivity (Wildman–Crippen MR) is 168 cm³/mol. The van der Waals surface area contributed by atoms with Gasteiger partial charge in [0.1, 0.15) is 18.3 Å². The lowest BCUT2D eigenvalue weighted by Gasteiger charge is -2.44. The van der Waals surface area contributed by atoms with E-state index < -0.39 is 32.9 Å². The van der Waals surface area contributed by atoms with E-state index in [-0.39, 0.29) is 17.7 Å². The van der Waals surface area contributed by atoms with Crippen molar-refractivity contribution in [2.45, 2.75) is 69.9 Å². The minimum Gasteiger partial charge on any atom is -0.405 e. The van der Waals surface area contributed by atoms with Crippen LogP contribution in [0.1, 0.15) is 46.0 Å². The molecule has 1 aliphatic rings. The lowest BCUT2D eigenvalue weighted by Crippen LogP contribution is -2.67. The van der Waals surface area contributed by atoms with Crippen molar-refractivity contribution < 1.29 is 23.7 Å². The Morgan fingerprint density at radius 2 is 1.51 bits per heavy atom. The van der Waals surface area contributed by atoms with Crippen molar-refractivity contribution in [2.75, 3.05) is 13.2 Å². The van der Waals surface area contributed by atoms with Gasteiger partial charge in [0, 0.05) is 5.56 Å². The molecule has 0 aromatic heterocycles. The van der Waals surface area contributed by atoms with E-state index >= 15 is 0 Å².